The van der Waals surface area contributed by atoms with Crippen molar-refractivity contribution in [3.05, 3.63) is 59.7 Å². The van der Waals surface area contributed by atoms with Gasteiger partial charge in [0.1, 0.15) is 0 Å². The zero-order valence-electron chi connectivity index (χ0n) is 21.7. The van der Waals surface area contributed by atoms with Crippen molar-refractivity contribution in [2.75, 3.05) is 28.2 Å². The average Bonchev–Trinajstić information content (AvgIpc) is 2.84. The molecule has 0 bridgehead atoms. The van der Waals surface area contributed by atoms with Crippen LogP contribution in [0.2, 0.25) is 0 Å². The fourth-order valence-corrected chi connectivity index (χ4v) is 4.67. The summed E-state index contributed by atoms with van der Waals surface area (Å²) in [4.78, 5) is 52.5. The molecule has 0 unspecified atom stereocenters. The highest BCUT2D eigenvalue weighted by molar-refractivity contribution is 6.34. The lowest BCUT2D eigenvalue weighted by Gasteiger charge is -2.37. The average molecular weight is 530 g/mol. The number of primary amides is 1. The third kappa shape index (κ3) is 7.77. The van der Waals surface area contributed by atoms with Gasteiger partial charge >= 0.3 is 11.8 Å². The van der Waals surface area contributed by atoms with Crippen molar-refractivity contribution in [2.45, 2.75) is 37.9 Å². The molecule has 0 spiro atoms. The number of rotatable bonds is 7. The number of amides is 4. The Morgan fingerprint density at radius 2 is 1.54 bits per heavy atom. The molecule has 3 atom stereocenters. The van der Waals surface area contributed by atoms with Crippen molar-refractivity contribution in [1.82, 2.24) is 20.4 Å². The summed E-state index contributed by atoms with van der Waals surface area (Å²) in [5, 5.41) is 5.58. The quantitative estimate of drug-likeness (QED) is 0.472. The Kier molecular flexibility index (Phi) is 10.6. The van der Waals surface area contributed by atoms with E-state index in [4.69, 9.17) is 5.73 Å². The number of nitrogens with two attached hydrogens (primary N) is 1. The zero-order valence-corrected chi connectivity index (χ0v) is 22.5. The number of nitrogens with zero attached hydrogens (tertiary/aromatic N) is 2. The largest absolute Gasteiger partial charge is 0.361 e. The zero-order chi connectivity index (χ0) is 26.4. The van der Waals surface area contributed by atoms with E-state index < -0.39 is 23.9 Å². The van der Waals surface area contributed by atoms with Crippen LogP contribution in [-0.2, 0) is 20.9 Å². The summed E-state index contributed by atoms with van der Waals surface area (Å²) in [5.74, 6) is -2.63. The van der Waals surface area contributed by atoms with Crippen molar-refractivity contribution in [2.24, 2.45) is 11.7 Å². The van der Waals surface area contributed by atoms with Gasteiger partial charge in [-0.25, -0.2) is 0 Å². The SMILES string of the molecule is CN(C)Cc1ccccc1-c1ccc(C(=O)N[C@@H]2C[C@@H](C(=O)N(C)C)CC[C@@H]2NC(=O)C(N)=O)cc1.Cl. The van der Waals surface area contributed by atoms with Gasteiger partial charge in [0.25, 0.3) is 5.91 Å². The van der Waals surface area contributed by atoms with E-state index >= 15 is 0 Å². The number of nitrogens with one attached hydrogen (secondary N) is 2. The Morgan fingerprint density at radius 1 is 0.892 bits per heavy atom. The van der Waals surface area contributed by atoms with Crippen LogP contribution in [0.5, 0.6) is 0 Å². The number of carbonyl (C=O) groups excluding carboxylic acids is 4. The lowest BCUT2D eigenvalue weighted by Crippen LogP contribution is -2.57. The maximum atomic E-state index is 13.1. The van der Waals surface area contributed by atoms with Crippen molar-refractivity contribution in [3.8, 4) is 11.1 Å². The predicted molar refractivity (Wildman–Crippen MR) is 145 cm³/mol. The van der Waals surface area contributed by atoms with E-state index in [9.17, 15) is 19.2 Å². The van der Waals surface area contributed by atoms with Crippen LogP contribution in [0.15, 0.2) is 48.5 Å². The van der Waals surface area contributed by atoms with Crippen LogP contribution in [-0.4, -0.2) is 73.7 Å². The molecule has 3 rings (SSSR count). The highest BCUT2D eigenvalue weighted by atomic mass is 35.5. The molecular formula is C27H36ClN5O4. The molecule has 4 amide bonds. The molecule has 9 nitrogen and oxygen atoms in total. The van der Waals surface area contributed by atoms with Gasteiger partial charge in [-0.3, -0.25) is 19.2 Å². The number of hydrogen-bond acceptors (Lipinski definition) is 5. The second kappa shape index (κ2) is 13.2. The van der Waals surface area contributed by atoms with Crippen molar-refractivity contribution >= 4 is 36.0 Å². The third-order valence-electron chi connectivity index (χ3n) is 6.46. The van der Waals surface area contributed by atoms with Crippen LogP contribution < -0.4 is 16.4 Å². The van der Waals surface area contributed by atoms with Crippen LogP contribution in [0, 0.1) is 5.92 Å². The van der Waals surface area contributed by atoms with Gasteiger partial charge in [-0.15, -0.1) is 12.4 Å². The Bertz CT molecular complexity index is 1120. The Hall–Kier alpha value is -3.43. The number of hydrogen-bond donors (Lipinski definition) is 3. The van der Waals surface area contributed by atoms with E-state index in [0.717, 1.165) is 17.7 Å². The van der Waals surface area contributed by atoms with Gasteiger partial charge in [0.2, 0.25) is 5.91 Å². The molecule has 4 N–H and O–H groups in total. The van der Waals surface area contributed by atoms with Gasteiger partial charge in [0.05, 0.1) is 6.04 Å². The van der Waals surface area contributed by atoms with Gasteiger partial charge in [0, 0.05) is 38.2 Å². The van der Waals surface area contributed by atoms with Crippen LogP contribution >= 0.6 is 12.4 Å². The molecule has 0 heterocycles. The molecule has 2 aromatic carbocycles. The number of carbonyl (C=O) groups is 4. The van der Waals surface area contributed by atoms with Gasteiger partial charge in [0.15, 0.2) is 0 Å². The number of halogens is 1. The minimum absolute atomic E-state index is 0. The van der Waals surface area contributed by atoms with E-state index in [1.165, 1.54) is 10.5 Å². The van der Waals surface area contributed by atoms with E-state index in [0.29, 0.717) is 24.8 Å². The van der Waals surface area contributed by atoms with E-state index in [2.05, 4.69) is 27.7 Å². The summed E-state index contributed by atoms with van der Waals surface area (Å²) in [6, 6.07) is 14.5. The first-order chi connectivity index (χ1) is 17.1. The van der Waals surface area contributed by atoms with Crippen molar-refractivity contribution in [1.29, 1.82) is 0 Å². The summed E-state index contributed by atoms with van der Waals surface area (Å²) in [7, 11) is 7.42. The first-order valence-corrected chi connectivity index (χ1v) is 12.0. The molecular weight excluding hydrogens is 494 g/mol. The van der Waals surface area contributed by atoms with Gasteiger partial charge in [-0.2, -0.15) is 0 Å². The standard InChI is InChI=1S/C27H35N5O4.ClH/c1-31(2)16-20-7-5-6-8-21(20)17-9-11-18(12-10-17)25(34)30-23-15-19(27(36)32(3)4)13-14-22(23)29-26(35)24(28)33;/h5-12,19,22-23H,13-16H2,1-4H3,(H2,28,33)(H,29,35)(H,30,34);1H/t19-,22-,23+;/m0./s1. The van der Waals surface area contributed by atoms with E-state index in [1.807, 2.05) is 38.4 Å². The summed E-state index contributed by atoms with van der Waals surface area (Å²) in [6.07, 6.45) is 1.33. The first-order valence-electron chi connectivity index (χ1n) is 12.0. The topological polar surface area (TPSA) is 125 Å². The Balaban J connectivity index is 0.00000481. The fraction of sp³-hybridized carbons (Fsp3) is 0.407. The second-order valence-corrected chi connectivity index (χ2v) is 9.74. The molecule has 37 heavy (non-hydrogen) atoms. The summed E-state index contributed by atoms with van der Waals surface area (Å²) in [5.41, 5.74) is 8.86. The smallest absolute Gasteiger partial charge is 0.309 e. The molecule has 200 valence electrons. The Labute approximate surface area is 224 Å². The van der Waals surface area contributed by atoms with Crippen molar-refractivity contribution in [3.63, 3.8) is 0 Å². The van der Waals surface area contributed by atoms with Gasteiger partial charge in [-0.1, -0.05) is 36.4 Å². The molecule has 2 aromatic rings. The molecule has 1 aliphatic rings. The molecule has 1 aliphatic carbocycles. The maximum Gasteiger partial charge on any atom is 0.309 e. The highest BCUT2D eigenvalue weighted by Gasteiger charge is 2.36. The minimum Gasteiger partial charge on any atom is -0.361 e. The third-order valence-corrected chi connectivity index (χ3v) is 6.46. The van der Waals surface area contributed by atoms with E-state index in [1.54, 1.807) is 26.2 Å². The second-order valence-electron chi connectivity index (χ2n) is 9.74. The van der Waals surface area contributed by atoms with Crippen LogP contribution in [0.4, 0.5) is 0 Å². The van der Waals surface area contributed by atoms with Crippen LogP contribution in [0.1, 0.15) is 35.2 Å². The molecule has 1 fully saturated rings. The lowest BCUT2D eigenvalue weighted by molar-refractivity contribution is -0.138. The predicted octanol–water partition coefficient (Wildman–Crippen LogP) is 1.79. The van der Waals surface area contributed by atoms with Gasteiger partial charge < -0.3 is 26.2 Å². The Morgan fingerprint density at radius 3 is 2.14 bits per heavy atom. The molecule has 0 radical (unpaired) electrons. The van der Waals surface area contributed by atoms with E-state index in [-0.39, 0.29) is 30.1 Å². The van der Waals surface area contributed by atoms with Crippen LogP contribution in [0.25, 0.3) is 11.1 Å². The highest BCUT2D eigenvalue weighted by Crippen LogP contribution is 2.28. The molecule has 10 heteroatoms. The van der Waals surface area contributed by atoms with Crippen LogP contribution in [0.3, 0.4) is 0 Å². The molecule has 0 aliphatic heterocycles. The molecule has 0 aromatic heterocycles. The minimum atomic E-state index is -1.09. The summed E-state index contributed by atoms with van der Waals surface area (Å²) < 4.78 is 0. The fourth-order valence-electron chi connectivity index (χ4n) is 4.67. The normalized spacial score (nSPS) is 18.9. The summed E-state index contributed by atoms with van der Waals surface area (Å²) in [6.45, 7) is 0.797. The van der Waals surface area contributed by atoms with Crippen molar-refractivity contribution < 1.29 is 19.2 Å². The molecule has 0 saturated heterocycles. The first kappa shape index (κ1) is 29.8. The van der Waals surface area contributed by atoms with Gasteiger partial charge in [-0.05, 0) is 62.2 Å². The maximum absolute atomic E-state index is 13.1. The lowest BCUT2D eigenvalue weighted by atomic mass is 9.81. The number of benzene rings is 2. The summed E-state index contributed by atoms with van der Waals surface area (Å²) >= 11 is 0. The molecule has 1 saturated carbocycles. The monoisotopic (exact) mass is 529 g/mol.